The number of fused-ring (bicyclic) bond motifs is 2. The zero-order chi connectivity index (χ0) is 18.8. The molecular weight excluding hydrogens is 346 g/mol. The standard InChI is InChI=1S/C20H21N3O4/c1-2-22(10-14-7-8-17-18(9-14)27-13-26-17)12-20(25)23-11-19(24)21-15-5-3-4-6-16(15)23/h3-9H,2,10-13H2,1H3,(H,21,24). The van der Waals surface area contributed by atoms with Crippen molar-refractivity contribution in [1.82, 2.24) is 4.90 Å². The van der Waals surface area contributed by atoms with E-state index in [0.717, 1.165) is 22.7 Å². The van der Waals surface area contributed by atoms with Gasteiger partial charge in [-0.3, -0.25) is 19.4 Å². The molecule has 2 aromatic rings. The summed E-state index contributed by atoms with van der Waals surface area (Å²) in [5, 5.41) is 2.80. The molecule has 140 valence electrons. The van der Waals surface area contributed by atoms with E-state index in [9.17, 15) is 9.59 Å². The van der Waals surface area contributed by atoms with Gasteiger partial charge in [0.2, 0.25) is 18.6 Å². The minimum Gasteiger partial charge on any atom is -0.454 e. The number of carbonyl (C=O) groups is 2. The number of para-hydroxylation sites is 2. The Kier molecular flexibility index (Phi) is 4.68. The third-order valence-corrected chi connectivity index (χ3v) is 4.72. The van der Waals surface area contributed by atoms with Gasteiger partial charge in [-0.2, -0.15) is 0 Å². The minimum absolute atomic E-state index is 0.0391. The number of anilines is 2. The number of nitrogens with zero attached hydrogens (tertiary/aromatic N) is 2. The van der Waals surface area contributed by atoms with Crippen molar-refractivity contribution < 1.29 is 19.1 Å². The van der Waals surface area contributed by atoms with Gasteiger partial charge in [-0.1, -0.05) is 25.1 Å². The molecule has 2 aliphatic heterocycles. The van der Waals surface area contributed by atoms with E-state index in [0.29, 0.717) is 18.8 Å². The highest BCUT2D eigenvalue weighted by Gasteiger charge is 2.27. The molecule has 0 radical (unpaired) electrons. The number of likely N-dealkylation sites (N-methyl/N-ethyl adjacent to an activating group) is 1. The average molecular weight is 367 g/mol. The number of carbonyl (C=O) groups excluding carboxylic acids is 2. The van der Waals surface area contributed by atoms with E-state index in [1.807, 2.05) is 48.2 Å². The lowest BCUT2D eigenvalue weighted by Gasteiger charge is -2.31. The van der Waals surface area contributed by atoms with Gasteiger partial charge in [0.25, 0.3) is 0 Å². The SMILES string of the molecule is CCN(CC(=O)N1CC(=O)Nc2ccccc21)Cc1ccc2c(c1)OCO2. The zero-order valence-electron chi connectivity index (χ0n) is 15.1. The molecule has 0 aromatic heterocycles. The first-order chi connectivity index (χ1) is 13.1. The first kappa shape index (κ1) is 17.4. The van der Waals surface area contributed by atoms with Crippen molar-refractivity contribution in [3.05, 3.63) is 48.0 Å². The van der Waals surface area contributed by atoms with Gasteiger partial charge in [0.1, 0.15) is 6.54 Å². The third-order valence-electron chi connectivity index (χ3n) is 4.72. The van der Waals surface area contributed by atoms with Gasteiger partial charge in [0.15, 0.2) is 11.5 Å². The topological polar surface area (TPSA) is 71.1 Å². The fourth-order valence-electron chi connectivity index (χ4n) is 3.31. The summed E-state index contributed by atoms with van der Waals surface area (Å²) in [5.41, 5.74) is 2.45. The number of nitrogens with one attached hydrogen (secondary N) is 1. The van der Waals surface area contributed by atoms with E-state index in [1.165, 1.54) is 0 Å². The van der Waals surface area contributed by atoms with Crippen LogP contribution in [0.4, 0.5) is 11.4 Å². The molecule has 7 nitrogen and oxygen atoms in total. The summed E-state index contributed by atoms with van der Waals surface area (Å²) in [6.07, 6.45) is 0. The van der Waals surface area contributed by atoms with Crippen LogP contribution in [0.15, 0.2) is 42.5 Å². The summed E-state index contributed by atoms with van der Waals surface area (Å²) in [4.78, 5) is 28.5. The number of rotatable bonds is 5. The molecule has 4 rings (SSSR count). The van der Waals surface area contributed by atoms with Gasteiger partial charge >= 0.3 is 0 Å². The largest absolute Gasteiger partial charge is 0.454 e. The zero-order valence-corrected chi connectivity index (χ0v) is 15.1. The summed E-state index contributed by atoms with van der Waals surface area (Å²) in [6.45, 7) is 3.84. The Balaban J connectivity index is 1.47. The van der Waals surface area contributed by atoms with Crippen LogP contribution in [-0.2, 0) is 16.1 Å². The number of benzene rings is 2. The Bertz CT molecular complexity index is 883. The molecule has 2 heterocycles. The van der Waals surface area contributed by atoms with Crippen LogP contribution in [0.25, 0.3) is 0 Å². The molecule has 0 unspecified atom stereocenters. The smallest absolute Gasteiger partial charge is 0.244 e. The summed E-state index contributed by atoms with van der Waals surface area (Å²) in [5.74, 6) is 1.20. The quantitative estimate of drug-likeness (QED) is 0.877. The van der Waals surface area contributed by atoms with E-state index in [-0.39, 0.29) is 31.7 Å². The second-order valence-corrected chi connectivity index (χ2v) is 6.54. The van der Waals surface area contributed by atoms with Crippen molar-refractivity contribution in [2.24, 2.45) is 0 Å². The van der Waals surface area contributed by atoms with E-state index < -0.39 is 0 Å². The van der Waals surface area contributed by atoms with Gasteiger partial charge in [-0.05, 0) is 36.4 Å². The Morgan fingerprint density at radius 3 is 2.85 bits per heavy atom. The van der Waals surface area contributed by atoms with Crippen LogP contribution in [-0.4, -0.2) is 43.1 Å². The molecule has 1 N–H and O–H groups in total. The highest BCUT2D eigenvalue weighted by molar-refractivity contribution is 6.10. The number of ether oxygens (including phenoxy) is 2. The van der Waals surface area contributed by atoms with Crippen LogP contribution in [0.1, 0.15) is 12.5 Å². The molecule has 0 spiro atoms. The van der Waals surface area contributed by atoms with Crippen molar-refractivity contribution in [2.45, 2.75) is 13.5 Å². The average Bonchev–Trinajstić information content (AvgIpc) is 3.14. The maximum absolute atomic E-state index is 12.9. The van der Waals surface area contributed by atoms with Crippen LogP contribution in [0, 0.1) is 0 Å². The lowest BCUT2D eigenvalue weighted by molar-refractivity contribution is -0.122. The molecule has 7 heteroatoms. The molecule has 27 heavy (non-hydrogen) atoms. The Hall–Kier alpha value is -3.06. The van der Waals surface area contributed by atoms with Crippen LogP contribution >= 0.6 is 0 Å². The lowest BCUT2D eigenvalue weighted by atomic mass is 10.1. The molecule has 2 aliphatic rings. The highest BCUT2D eigenvalue weighted by Crippen LogP contribution is 2.33. The summed E-state index contributed by atoms with van der Waals surface area (Å²) in [7, 11) is 0. The molecule has 0 bridgehead atoms. The second kappa shape index (κ2) is 7.28. The molecule has 2 aromatic carbocycles. The Morgan fingerprint density at radius 2 is 2.00 bits per heavy atom. The lowest BCUT2D eigenvalue weighted by Crippen LogP contribution is -2.46. The molecule has 0 saturated carbocycles. The van der Waals surface area contributed by atoms with Crippen LogP contribution in [0.3, 0.4) is 0 Å². The molecule has 0 saturated heterocycles. The van der Waals surface area contributed by atoms with E-state index in [1.54, 1.807) is 11.0 Å². The maximum atomic E-state index is 12.9. The maximum Gasteiger partial charge on any atom is 0.244 e. The predicted octanol–water partition coefficient (Wildman–Crippen LogP) is 2.22. The summed E-state index contributed by atoms with van der Waals surface area (Å²) >= 11 is 0. The van der Waals surface area contributed by atoms with Gasteiger partial charge < -0.3 is 14.8 Å². The van der Waals surface area contributed by atoms with Crippen molar-refractivity contribution in [2.75, 3.05) is 36.6 Å². The second-order valence-electron chi connectivity index (χ2n) is 6.54. The van der Waals surface area contributed by atoms with E-state index >= 15 is 0 Å². The normalized spacial score (nSPS) is 14.9. The van der Waals surface area contributed by atoms with Gasteiger partial charge in [-0.15, -0.1) is 0 Å². The minimum atomic E-state index is -0.180. The Morgan fingerprint density at radius 1 is 1.19 bits per heavy atom. The Labute approximate surface area is 157 Å². The van der Waals surface area contributed by atoms with Gasteiger partial charge in [0.05, 0.1) is 17.9 Å². The monoisotopic (exact) mass is 367 g/mol. The fraction of sp³-hybridized carbons (Fsp3) is 0.300. The van der Waals surface area contributed by atoms with E-state index in [4.69, 9.17) is 9.47 Å². The molecule has 0 aliphatic carbocycles. The molecule has 0 fully saturated rings. The van der Waals surface area contributed by atoms with Crippen LogP contribution in [0.2, 0.25) is 0 Å². The predicted molar refractivity (Wildman–Crippen MR) is 101 cm³/mol. The fourth-order valence-corrected chi connectivity index (χ4v) is 3.31. The number of hydrogen-bond donors (Lipinski definition) is 1. The van der Waals surface area contributed by atoms with Crippen LogP contribution < -0.4 is 19.7 Å². The van der Waals surface area contributed by atoms with Crippen molar-refractivity contribution in [1.29, 1.82) is 0 Å². The summed E-state index contributed by atoms with van der Waals surface area (Å²) in [6, 6.07) is 13.2. The third kappa shape index (κ3) is 3.59. The number of amides is 2. The van der Waals surface area contributed by atoms with Crippen molar-refractivity contribution >= 4 is 23.2 Å². The van der Waals surface area contributed by atoms with Gasteiger partial charge in [0, 0.05) is 6.54 Å². The summed E-state index contributed by atoms with van der Waals surface area (Å²) < 4.78 is 10.8. The molecule has 0 atom stereocenters. The van der Waals surface area contributed by atoms with Crippen molar-refractivity contribution in [3.63, 3.8) is 0 Å². The first-order valence-electron chi connectivity index (χ1n) is 8.94. The molecular formula is C20H21N3O4. The van der Waals surface area contributed by atoms with E-state index in [2.05, 4.69) is 5.32 Å². The highest BCUT2D eigenvalue weighted by atomic mass is 16.7. The molecule has 2 amide bonds. The number of hydrogen-bond acceptors (Lipinski definition) is 5. The first-order valence-corrected chi connectivity index (χ1v) is 8.94. The van der Waals surface area contributed by atoms with Crippen LogP contribution in [0.5, 0.6) is 11.5 Å². The van der Waals surface area contributed by atoms with Gasteiger partial charge in [-0.25, -0.2) is 0 Å². The van der Waals surface area contributed by atoms with Crippen molar-refractivity contribution in [3.8, 4) is 11.5 Å².